The van der Waals surface area contributed by atoms with Crippen molar-refractivity contribution in [3.05, 3.63) is 83.9 Å². The lowest BCUT2D eigenvalue weighted by Gasteiger charge is -2.32. The summed E-state index contributed by atoms with van der Waals surface area (Å²) in [6.07, 6.45) is 0.735. The van der Waals surface area contributed by atoms with Crippen LogP contribution in [0.5, 0.6) is 11.5 Å². The van der Waals surface area contributed by atoms with Crippen molar-refractivity contribution < 1.29 is 27.5 Å². The number of ether oxygens (including phenoxy) is 2. The second-order valence-corrected chi connectivity index (χ2v) is 11.2. The maximum absolute atomic E-state index is 14.0. The summed E-state index contributed by atoms with van der Waals surface area (Å²) in [6.45, 7) is 5.37. The van der Waals surface area contributed by atoms with E-state index in [-0.39, 0.29) is 23.0 Å². The van der Waals surface area contributed by atoms with E-state index in [9.17, 15) is 18.0 Å². The summed E-state index contributed by atoms with van der Waals surface area (Å²) in [7, 11) is -1.20. The highest BCUT2D eigenvalue weighted by molar-refractivity contribution is 7.92. The monoisotopic (exact) mass is 567 g/mol. The Morgan fingerprint density at radius 3 is 2.33 bits per heavy atom. The zero-order valence-electron chi connectivity index (χ0n) is 23.6. The van der Waals surface area contributed by atoms with Crippen LogP contribution in [0.2, 0.25) is 0 Å². The Hall–Kier alpha value is -4.05. The Kier molecular flexibility index (Phi) is 10.6. The van der Waals surface area contributed by atoms with Gasteiger partial charge in [0.25, 0.3) is 10.0 Å². The van der Waals surface area contributed by atoms with E-state index in [2.05, 4.69) is 5.32 Å². The third-order valence-corrected chi connectivity index (χ3v) is 8.19. The molecule has 1 unspecified atom stereocenters. The molecule has 3 aromatic carbocycles. The van der Waals surface area contributed by atoms with Crippen LogP contribution in [-0.2, 0) is 26.2 Å². The Morgan fingerprint density at radius 2 is 1.68 bits per heavy atom. The molecule has 0 aliphatic carbocycles. The van der Waals surface area contributed by atoms with E-state index < -0.39 is 28.5 Å². The van der Waals surface area contributed by atoms with Crippen LogP contribution < -0.4 is 19.1 Å². The highest BCUT2D eigenvalue weighted by Gasteiger charge is 2.33. The summed E-state index contributed by atoms with van der Waals surface area (Å²) >= 11 is 0. The molecule has 0 saturated heterocycles. The zero-order chi connectivity index (χ0) is 29.3. The van der Waals surface area contributed by atoms with Gasteiger partial charge in [0.1, 0.15) is 24.1 Å². The number of sulfonamides is 1. The largest absolute Gasteiger partial charge is 0.497 e. The number of carbonyl (C=O) groups is 2. The number of carbonyl (C=O) groups excluding carboxylic acids is 2. The standard InChI is InChI=1S/C30H37N3O6S/c1-6-17-31-30(35)23(3)32(20-24-11-10-12-25(19-24)38-4)29(34)21-33(27-18-22(2)15-16-28(27)39-5)40(36,37)26-13-8-7-9-14-26/h7-16,18-19,23H,6,17,20-21H2,1-5H3,(H,31,35). The first kappa shape index (κ1) is 30.5. The lowest BCUT2D eigenvalue weighted by atomic mass is 10.1. The number of nitrogens with zero attached hydrogens (tertiary/aromatic N) is 2. The fourth-order valence-corrected chi connectivity index (χ4v) is 5.61. The molecule has 0 aliphatic heterocycles. The second-order valence-electron chi connectivity index (χ2n) is 9.34. The zero-order valence-corrected chi connectivity index (χ0v) is 24.4. The highest BCUT2D eigenvalue weighted by Crippen LogP contribution is 2.33. The first-order valence-corrected chi connectivity index (χ1v) is 14.5. The third-order valence-electron chi connectivity index (χ3n) is 6.42. The first-order chi connectivity index (χ1) is 19.1. The molecule has 10 heteroatoms. The number of rotatable bonds is 13. The number of amides is 2. The van der Waals surface area contributed by atoms with E-state index in [0.29, 0.717) is 18.0 Å². The number of nitrogens with one attached hydrogen (secondary N) is 1. The van der Waals surface area contributed by atoms with E-state index in [0.717, 1.165) is 21.9 Å². The average molecular weight is 568 g/mol. The van der Waals surface area contributed by atoms with Crippen molar-refractivity contribution in [2.24, 2.45) is 0 Å². The van der Waals surface area contributed by atoms with Crippen molar-refractivity contribution in [1.82, 2.24) is 10.2 Å². The van der Waals surface area contributed by atoms with E-state index in [1.165, 1.54) is 24.1 Å². The lowest BCUT2D eigenvalue weighted by Crippen LogP contribution is -2.51. The van der Waals surface area contributed by atoms with Gasteiger partial charge in [0.05, 0.1) is 24.8 Å². The van der Waals surface area contributed by atoms with Crippen LogP contribution in [0.4, 0.5) is 5.69 Å². The van der Waals surface area contributed by atoms with Gasteiger partial charge in [0, 0.05) is 13.1 Å². The summed E-state index contributed by atoms with van der Waals surface area (Å²) in [5.41, 5.74) is 1.75. The molecular weight excluding hydrogens is 530 g/mol. The molecular formula is C30H37N3O6S. The van der Waals surface area contributed by atoms with Gasteiger partial charge in [-0.25, -0.2) is 8.42 Å². The predicted octanol–water partition coefficient (Wildman–Crippen LogP) is 4.15. The summed E-state index contributed by atoms with van der Waals surface area (Å²) in [5, 5.41) is 2.83. The van der Waals surface area contributed by atoms with Crippen LogP contribution in [0.15, 0.2) is 77.7 Å². The van der Waals surface area contributed by atoms with Crippen molar-refractivity contribution in [3.8, 4) is 11.5 Å². The molecule has 214 valence electrons. The maximum atomic E-state index is 14.0. The fraction of sp³-hybridized carbons (Fsp3) is 0.333. The molecule has 0 aliphatic rings. The molecule has 1 N–H and O–H groups in total. The van der Waals surface area contributed by atoms with E-state index in [1.807, 2.05) is 19.9 Å². The molecule has 40 heavy (non-hydrogen) atoms. The van der Waals surface area contributed by atoms with Gasteiger partial charge in [-0.3, -0.25) is 13.9 Å². The van der Waals surface area contributed by atoms with Gasteiger partial charge in [-0.05, 0) is 67.8 Å². The second kappa shape index (κ2) is 13.8. The van der Waals surface area contributed by atoms with Crippen LogP contribution >= 0.6 is 0 Å². The molecule has 3 rings (SSSR count). The van der Waals surface area contributed by atoms with Gasteiger partial charge in [0.2, 0.25) is 11.8 Å². The highest BCUT2D eigenvalue weighted by atomic mass is 32.2. The number of anilines is 1. The van der Waals surface area contributed by atoms with Crippen LogP contribution in [0, 0.1) is 6.92 Å². The molecule has 2 amide bonds. The quantitative estimate of drug-likeness (QED) is 0.333. The number of benzene rings is 3. The molecule has 0 aromatic heterocycles. The normalized spacial score (nSPS) is 11.8. The van der Waals surface area contributed by atoms with Gasteiger partial charge in [0.15, 0.2) is 0 Å². The average Bonchev–Trinajstić information content (AvgIpc) is 2.97. The van der Waals surface area contributed by atoms with Crippen LogP contribution in [-0.4, -0.2) is 58.5 Å². The Balaban J connectivity index is 2.08. The van der Waals surface area contributed by atoms with Crippen LogP contribution in [0.1, 0.15) is 31.4 Å². The Bertz CT molecular complexity index is 1410. The molecule has 9 nitrogen and oxygen atoms in total. The van der Waals surface area contributed by atoms with E-state index in [4.69, 9.17) is 9.47 Å². The molecule has 0 bridgehead atoms. The molecule has 0 saturated carbocycles. The van der Waals surface area contributed by atoms with Crippen LogP contribution in [0.25, 0.3) is 0 Å². The van der Waals surface area contributed by atoms with E-state index >= 15 is 0 Å². The minimum absolute atomic E-state index is 0.0273. The number of hydrogen-bond acceptors (Lipinski definition) is 6. The van der Waals surface area contributed by atoms with Crippen molar-refractivity contribution in [2.45, 2.75) is 44.7 Å². The summed E-state index contributed by atoms with van der Waals surface area (Å²) in [5.74, 6) is 0.0190. The SMILES string of the molecule is CCCNC(=O)C(C)N(Cc1cccc(OC)c1)C(=O)CN(c1cc(C)ccc1OC)S(=O)(=O)c1ccccc1. The molecule has 3 aromatic rings. The van der Waals surface area contributed by atoms with E-state index in [1.54, 1.807) is 68.6 Å². The lowest BCUT2D eigenvalue weighted by molar-refractivity contribution is -0.139. The molecule has 0 spiro atoms. The predicted molar refractivity (Wildman–Crippen MR) is 155 cm³/mol. The molecule has 0 radical (unpaired) electrons. The summed E-state index contributed by atoms with van der Waals surface area (Å²) in [6, 6.07) is 19.3. The van der Waals surface area contributed by atoms with Crippen molar-refractivity contribution in [2.75, 3.05) is 31.6 Å². The van der Waals surface area contributed by atoms with Crippen molar-refractivity contribution >= 4 is 27.5 Å². The minimum Gasteiger partial charge on any atom is -0.497 e. The Labute approximate surface area is 236 Å². The first-order valence-electron chi connectivity index (χ1n) is 13.0. The van der Waals surface area contributed by atoms with Gasteiger partial charge < -0.3 is 19.7 Å². The smallest absolute Gasteiger partial charge is 0.264 e. The summed E-state index contributed by atoms with van der Waals surface area (Å²) < 4.78 is 39.8. The number of hydrogen-bond donors (Lipinski definition) is 1. The molecule has 1 atom stereocenters. The van der Waals surface area contributed by atoms with Crippen molar-refractivity contribution in [3.63, 3.8) is 0 Å². The van der Waals surface area contributed by atoms with Gasteiger partial charge in [-0.15, -0.1) is 0 Å². The van der Waals surface area contributed by atoms with Gasteiger partial charge in [-0.2, -0.15) is 0 Å². The fourth-order valence-electron chi connectivity index (χ4n) is 4.17. The van der Waals surface area contributed by atoms with Crippen molar-refractivity contribution in [1.29, 1.82) is 0 Å². The summed E-state index contributed by atoms with van der Waals surface area (Å²) in [4.78, 5) is 28.4. The van der Waals surface area contributed by atoms with Gasteiger partial charge >= 0.3 is 0 Å². The maximum Gasteiger partial charge on any atom is 0.264 e. The topological polar surface area (TPSA) is 105 Å². The molecule has 0 fully saturated rings. The molecule has 0 heterocycles. The third kappa shape index (κ3) is 7.32. The number of methoxy groups -OCH3 is 2. The van der Waals surface area contributed by atoms with Gasteiger partial charge in [-0.1, -0.05) is 43.3 Å². The Morgan fingerprint density at radius 1 is 0.950 bits per heavy atom. The minimum atomic E-state index is -4.19. The van der Waals surface area contributed by atoms with Crippen LogP contribution in [0.3, 0.4) is 0 Å². The number of aryl methyl sites for hydroxylation is 1.